The van der Waals surface area contributed by atoms with Gasteiger partial charge in [-0.2, -0.15) is 0 Å². The summed E-state index contributed by atoms with van der Waals surface area (Å²) in [6.07, 6.45) is 0.811. The third-order valence-corrected chi connectivity index (χ3v) is 6.59. The normalized spacial score (nSPS) is 20.1. The van der Waals surface area contributed by atoms with Crippen LogP contribution < -0.4 is 10.2 Å². The molecule has 4 rings (SSSR count). The number of anilines is 2. The number of fused-ring (bicyclic) bond motifs is 1. The average Bonchev–Trinajstić information content (AvgIpc) is 3.08. The van der Waals surface area contributed by atoms with Gasteiger partial charge in [0.05, 0.1) is 5.25 Å². The molecule has 2 aliphatic heterocycles. The molecule has 0 spiro atoms. The molecule has 26 heavy (non-hydrogen) atoms. The van der Waals surface area contributed by atoms with Crippen LogP contribution in [0.25, 0.3) is 0 Å². The van der Waals surface area contributed by atoms with Crippen molar-refractivity contribution in [2.75, 3.05) is 43.4 Å². The number of hydrogen-bond donors (Lipinski definition) is 1. The highest BCUT2D eigenvalue weighted by Gasteiger charge is 2.28. The molecule has 0 aromatic heterocycles. The molecular weight excluding hydrogens is 342 g/mol. The first-order valence-electron chi connectivity index (χ1n) is 9.20. The van der Waals surface area contributed by atoms with Gasteiger partial charge in [0.2, 0.25) is 5.91 Å². The number of nitrogens with zero attached hydrogens (tertiary/aromatic N) is 2. The topological polar surface area (TPSA) is 35.6 Å². The Hall–Kier alpha value is -1.98. The zero-order valence-corrected chi connectivity index (χ0v) is 16.2. The second-order valence-electron chi connectivity index (χ2n) is 7.20. The lowest BCUT2D eigenvalue weighted by Crippen LogP contribution is -2.44. The number of carbonyl (C=O) groups excluding carboxylic acids is 1. The minimum Gasteiger partial charge on any atom is -0.369 e. The molecule has 0 aliphatic carbocycles. The third-order valence-electron chi connectivity index (χ3n) is 5.28. The van der Waals surface area contributed by atoms with Gasteiger partial charge in [-0.15, -0.1) is 11.8 Å². The maximum atomic E-state index is 12.7. The number of piperazine rings is 1. The summed E-state index contributed by atoms with van der Waals surface area (Å²) in [6, 6.07) is 14.7. The molecule has 1 saturated heterocycles. The third kappa shape index (κ3) is 3.60. The van der Waals surface area contributed by atoms with E-state index in [1.165, 1.54) is 16.1 Å². The van der Waals surface area contributed by atoms with Crippen LogP contribution >= 0.6 is 11.8 Å². The van der Waals surface area contributed by atoms with Crippen LogP contribution in [0.15, 0.2) is 47.4 Å². The highest BCUT2D eigenvalue weighted by Crippen LogP contribution is 2.37. The highest BCUT2D eigenvalue weighted by molar-refractivity contribution is 8.01. The Morgan fingerprint density at radius 1 is 1.12 bits per heavy atom. The van der Waals surface area contributed by atoms with Crippen molar-refractivity contribution in [3.63, 3.8) is 0 Å². The van der Waals surface area contributed by atoms with Crippen molar-refractivity contribution in [1.82, 2.24) is 4.90 Å². The summed E-state index contributed by atoms with van der Waals surface area (Å²) in [7, 11) is 2.17. The molecule has 5 heteroatoms. The number of hydrogen-bond acceptors (Lipinski definition) is 4. The number of thioether (sulfide) groups is 1. The van der Waals surface area contributed by atoms with Crippen molar-refractivity contribution < 1.29 is 4.79 Å². The fourth-order valence-corrected chi connectivity index (χ4v) is 4.79. The number of benzene rings is 2. The number of nitrogens with one attached hydrogen (secondary N) is 1. The molecule has 2 heterocycles. The first-order valence-corrected chi connectivity index (χ1v) is 10.1. The first-order chi connectivity index (χ1) is 12.6. The Morgan fingerprint density at radius 2 is 1.88 bits per heavy atom. The molecule has 1 unspecified atom stereocenters. The molecule has 2 aliphatic rings. The number of aryl methyl sites for hydroxylation is 1. The molecule has 1 N–H and O–H groups in total. The summed E-state index contributed by atoms with van der Waals surface area (Å²) >= 11 is 1.67. The lowest BCUT2D eigenvalue weighted by atomic mass is 10.1. The lowest BCUT2D eigenvalue weighted by molar-refractivity contribution is -0.115. The van der Waals surface area contributed by atoms with Crippen molar-refractivity contribution in [1.29, 1.82) is 0 Å². The molecule has 2 aromatic carbocycles. The maximum Gasteiger partial charge on any atom is 0.238 e. The molecule has 2 aromatic rings. The second kappa shape index (κ2) is 7.33. The maximum absolute atomic E-state index is 12.7. The number of amides is 1. The minimum atomic E-state index is -0.0379. The summed E-state index contributed by atoms with van der Waals surface area (Å²) in [6.45, 7) is 6.37. The van der Waals surface area contributed by atoms with E-state index in [-0.39, 0.29) is 11.2 Å². The van der Waals surface area contributed by atoms with E-state index in [9.17, 15) is 4.79 Å². The van der Waals surface area contributed by atoms with Gasteiger partial charge in [0, 0.05) is 42.4 Å². The van der Waals surface area contributed by atoms with E-state index < -0.39 is 0 Å². The van der Waals surface area contributed by atoms with E-state index >= 15 is 0 Å². The Kier molecular flexibility index (Phi) is 4.92. The molecule has 1 atom stereocenters. The Bertz CT molecular complexity index is 790. The zero-order valence-electron chi connectivity index (χ0n) is 15.4. The summed E-state index contributed by atoms with van der Waals surface area (Å²) in [5.74, 6) is 0.0987. The van der Waals surface area contributed by atoms with Crippen LogP contribution in [0.3, 0.4) is 0 Å². The second-order valence-corrected chi connectivity index (χ2v) is 8.44. The van der Waals surface area contributed by atoms with E-state index in [0.717, 1.165) is 43.9 Å². The van der Waals surface area contributed by atoms with Gasteiger partial charge in [0.15, 0.2) is 0 Å². The molecule has 1 amide bonds. The molecule has 1 fully saturated rings. The Balaban J connectivity index is 1.41. The lowest BCUT2D eigenvalue weighted by Gasteiger charge is -2.34. The largest absolute Gasteiger partial charge is 0.369 e. The SMILES string of the molecule is Cc1cc(N2CCN(C)CC2)ccc1NC(=O)C1Cc2ccccc2S1. The summed E-state index contributed by atoms with van der Waals surface area (Å²) in [5.41, 5.74) is 4.57. The summed E-state index contributed by atoms with van der Waals surface area (Å²) in [5, 5.41) is 3.10. The number of carbonyl (C=O) groups is 1. The molecule has 0 radical (unpaired) electrons. The standard InChI is InChI=1S/C21H25N3OS/c1-15-13-17(24-11-9-23(2)10-12-24)7-8-18(15)22-21(25)20-14-16-5-3-4-6-19(16)26-20/h3-8,13,20H,9-12,14H2,1-2H3,(H,22,25). The monoisotopic (exact) mass is 367 g/mol. The smallest absolute Gasteiger partial charge is 0.238 e. The zero-order chi connectivity index (χ0) is 18.1. The van der Waals surface area contributed by atoms with Crippen molar-refractivity contribution in [3.8, 4) is 0 Å². The van der Waals surface area contributed by atoms with Crippen LogP contribution in [0.1, 0.15) is 11.1 Å². The molecule has 136 valence electrons. The van der Waals surface area contributed by atoms with Crippen molar-refractivity contribution in [2.45, 2.75) is 23.5 Å². The molecule has 0 saturated carbocycles. The van der Waals surface area contributed by atoms with Crippen LogP contribution in [0, 0.1) is 6.92 Å². The first kappa shape index (κ1) is 17.4. The molecule has 0 bridgehead atoms. The van der Waals surface area contributed by atoms with Gasteiger partial charge in [-0.1, -0.05) is 18.2 Å². The number of rotatable bonds is 3. The van der Waals surface area contributed by atoms with E-state index in [0.29, 0.717) is 0 Å². The predicted octanol–water partition coefficient (Wildman–Crippen LogP) is 3.40. The van der Waals surface area contributed by atoms with Crippen LogP contribution in [0.2, 0.25) is 0 Å². The highest BCUT2D eigenvalue weighted by atomic mass is 32.2. The summed E-state index contributed by atoms with van der Waals surface area (Å²) in [4.78, 5) is 18.7. The van der Waals surface area contributed by atoms with Crippen molar-refractivity contribution >= 4 is 29.0 Å². The minimum absolute atomic E-state index is 0.0379. The Labute approximate surface area is 159 Å². The molecule has 4 nitrogen and oxygen atoms in total. The van der Waals surface area contributed by atoms with Gasteiger partial charge in [-0.05, 0) is 55.8 Å². The summed E-state index contributed by atoms with van der Waals surface area (Å²) < 4.78 is 0. The van der Waals surface area contributed by atoms with Crippen LogP contribution in [-0.2, 0) is 11.2 Å². The molecular formula is C21H25N3OS. The van der Waals surface area contributed by atoms with E-state index in [2.05, 4.69) is 53.4 Å². The van der Waals surface area contributed by atoms with Crippen LogP contribution in [0.4, 0.5) is 11.4 Å². The number of likely N-dealkylation sites (N-methyl/N-ethyl adjacent to an activating group) is 1. The van der Waals surface area contributed by atoms with Gasteiger partial charge < -0.3 is 15.1 Å². The van der Waals surface area contributed by atoms with E-state index in [1.807, 2.05) is 18.2 Å². The van der Waals surface area contributed by atoms with Crippen molar-refractivity contribution in [2.24, 2.45) is 0 Å². The van der Waals surface area contributed by atoms with Gasteiger partial charge in [-0.25, -0.2) is 0 Å². The van der Waals surface area contributed by atoms with Gasteiger partial charge in [0.1, 0.15) is 0 Å². The van der Waals surface area contributed by atoms with E-state index in [1.54, 1.807) is 11.8 Å². The van der Waals surface area contributed by atoms with Crippen LogP contribution in [0.5, 0.6) is 0 Å². The van der Waals surface area contributed by atoms with Gasteiger partial charge in [0.25, 0.3) is 0 Å². The fourth-order valence-electron chi connectivity index (χ4n) is 3.59. The predicted molar refractivity (Wildman–Crippen MR) is 109 cm³/mol. The average molecular weight is 368 g/mol. The van der Waals surface area contributed by atoms with Gasteiger partial charge in [-0.3, -0.25) is 4.79 Å². The van der Waals surface area contributed by atoms with Crippen molar-refractivity contribution in [3.05, 3.63) is 53.6 Å². The Morgan fingerprint density at radius 3 is 2.62 bits per heavy atom. The van der Waals surface area contributed by atoms with Gasteiger partial charge >= 0.3 is 0 Å². The quantitative estimate of drug-likeness (QED) is 0.902. The van der Waals surface area contributed by atoms with E-state index in [4.69, 9.17) is 0 Å². The van der Waals surface area contributed by atoms with Crippen LogP contribution in [-0.4, -0.2) is 49.3 Å². The fraction of sp³-hybridized carbons (Fsp3) is 0.381.